The van der Waals surface area contributed by atoms with Crippen LogP contribution in [0.15, 0.2) is 36.4 Å². The van der Waals surface area contributed by atoms with Gasteiger partial charge in [0.2, 0.25) is 0 Å². The molecule has 5 nitrogen and oxygen atoms in total. The fraction of sp³-hybridized carbons (Fsp3) is 0.263. The summed E-state index contributed by atoms with van der Waals surface area (Å²) in [6.45, 7) is 1.43. The van der Waals surface area contributed by atoms with Crippen molar-refractivity contribution in [2.45, 2.75) is 19.4 Å². The van der Waals surface area contributed by atoms with E-state index < -0.39 is 12.2 Å². The van der Waals surface area contributed by atoms with Gasteiger partial charge in [-0.1, -0.05) is 23.7 Å². The smallest absolute Gasteiger partial charge is 0.297 e. The summed E-state index contributed by atoms with van der Waals surface area (Å²) in [5.41, 5.74) is 1.28. The highest BCUT2D eigenvalue weighted by Gasteiger charge is 2.17. The van der Waals surface area contributed by atoms with E-state index in [9.17, 15) is 8.78 Å². The number of hydrogen-bond donors (Lipinski definition) is 1. The molecule has 0 amide bonds. The summed E-state index contributed by atoms with van der Waals surface area (Å²) < 4.78 is 37.5. The number of anilines is 1. The number of halogens is 3. The van der Waals surface area contributed by atoms with Gasteiger partial charge in [0.25, 0.3) is 6.43 Å². The molecule has 2 aromatic carbocycles. The van der Waals surface area contributed by atoms with Crippen molar-refractivity contribution in [3.63, 3.8) is 0 Å². The topological polar surface area (TPSA) is 56.3 Å². The molecule has 0 unspecified atom stereocenters. The van der Waals surface area contributed by atoms with E-state index in [0.29, 0.717) is 53.0 Å². The van der Waals surface area contributed by atoms with Gasteiger partial charge in [-0.3, -0.25) is 0 Å². The zero-order valence-electron chi connectivity index (χ0n) is 14.2. The second-order valence-corrected chi connectivity index (χ2v) is 6.46. The highest BCUT2D eigenvalue weighted by molar-refractivity contribution is 6.32. The van der Waals surface area contributed by atoms with E-state index in [4.69, 9.17) is 21.1 Å². The molecule has 8 heteroatoms. The van der Waals surface area contributed by atoms with Gasteiger partial charge in [0.15, 0.2) is 17.3 Å². The maximum absolute atomic E-state index is 13.1. The number of benzene rings is 2. The van der Waals surface area contributed by atoms with Crippen LogP contribution in [0.4, 0.5) is 14.6 Å². The van der Waals surface area contributed by atoms with Crippen LogP contribution in [-0.2, 0) is 6.54 Å². The zero-order valence-corrected chi connectivity index (χ0v) is 15.0. The van der Waals surface area contributed by atoms with Gasteiger partial charge in [-0.05, 0) is 29.8 Å². The van der Waals surface area contributed by atoms with Crippen LogP contribution in [0.5, 0.6) is 11.5 Å². The van der Waals surface area contributed by atoms with Crippen LogP contribution in [0, 0.1) is 0 Å². The minimum atomic E-state index is -2.75. The minimum absolute atomic E-state index is 0.333. The third kappa shape index (κ3) is 3.73. The fourth-order valence-electron chi connectivity index (χ4n) is 2.90. The minimum Gasteiger partial charge on any atom is -0.489 e. The molecular formula is C19H16ClF2N3O2. The van der Waals surface area contributed by atoms with Crippen LogP contribution in [0.2, 0.25) is 5.02 Å². The molecule has 1 aliphatic heterocycles. The standard InChI is InChI=1S/C19H16ClF2N3O2/c20-13-8-11(9-15-16(13)27-7-3-6-26-15)10-23-18-12-4-1-2-5-14(12)24-19(25-18)17(21)22/h1-2,4-5,8-9,17H,3,6-7,10H2,(H,23,24,25). The molecule has 27 heavy (non-hydrogen) atoms. The number of fused-ring (bicyclic) bond motifs is 2. The second kappa shape index (κ2) is 7.52. The molecule has 0 radical (unpaired) electrons. The quantitative estimate of drug-likeness (QED) is 0.678. The summed E-state index contributed by atoms with van der Waals surface area (Å²) in [6, 6.07) is 10.6. The van der Waals surface area contributed by atoms with Crippen LogP contribution >= 0.6 is 11.6 Å². The van der Waals surface area contributed by atoms with Gasteiger partial charge in [0.1, 0.15) is 5.82 Å². The summed E-state index contributed by atoms with van der Waals surface area (Å²) in [4.78, 5) is 7.89. The van der Waals surface area contributed by atoms with Crippen LogP contribution in [0.25, 0.3) is 10.9 Å². The molecule has 0 atom stereocenters. The van der Waals surface area contributed by atoms with Crippen molar-refractivity contribution in [1.82, 2.24) is 9.97 Å². The predicted molar refractivity (Wildman–Crippen MR) is 98.9 cm³/mol. The largest absolute Gasteiger partial charge is 0.489 e. The highest BCUT2D eigenvalue weighted by Crippen LogP contribution is 2.38. The first kappa shape index (κ1) is 17.7. The Hall–Kier alpha value is -2.67. The predicted octanol–water partition coefficient (Wildman–Crippen LogP) is 4.99. The molecule has 0 fully saturated rings. The van der Waals surface area contributed by atoms with Crippen molar-refractivity contribution in [3.05, 3.63) is 52.8 Å². The number of rotatable bonds is 4. The van der Waals surface area contributed by atoms with E-state index in [0.717, 1.165) is 12.0 Å². The van der Waals surface area contributed by atoms with Crippen molar-refractivity contribution >= 4 is 28.3 Å². The van der Waals surface area contributed by atoms with Crippen LogP contribution < -0.4 is 14.8 Å². The maximum Gasteiger partial charge on any atom is 0.297 e. The molecule has 0 aliphatic carbocycles. The van der Waals surface area contributed by atoms with Crippen LogP contribution in [-0.4, -0.2) is 23.2 Å². The Morgan fingerprint density at radius 2 is 1.93 bits per heavy atom. The zero-order chi connectivity index (χ0) is 18.8. The van der Waals surface area contributed by atoms with Crippen LogP contribution in [0.1, 0.15) is 24.2 Å². The third-order valence-corrected chi connectivity index (χ3v) is 4.42. The first-order chi connectivity index (χ1) is 13.1. The molecule has 0 saturated carbocycles. The Balaban J connectivity index is 1.64. The Kier molecular flexibility index (Phi) is 4.94. The lowest BCUT2D eigenvalue weighted by atomic mass is 10.2. The third-order valence-electron chi connectivity index (χ3n) is 4.14. The number of ether oxygens (including phenoxy) is 2. The van der Waals surface area contributed by atoms with Crippen molar-refractivity contribution in [2.75, 3.05) is 18.5 Å². The summed E-state index contributed by atoms with van der Waals surface area (Å²) in [6.07, 6.45) is -1.97. The van der Waals surface area contributed by atoms with E-state index in [-0.39, 0.29) is 0 Å². The van der Waals surface area contributed by atoms with Gasteiger partial charge < -0.3 is 14.8 Å². The van der Waals surface area contributed by atoms with Crippen LogP contribution in [0.3, 0.4) is 0 Å². The normalized spacial score (nSPS) is 13.6. The molecule has 1 aromatic heterocycles. The fourth-order valence-corrected chi connectivity index (χ4v) is 3.19. The molecule has 1 aliphatic rings. The van der Waals surface area contributed by atoms with Crippen molar-refractivity contribution in [1.29, 1.82) is 0 Å². The number of nitrogens with one attached hydrogen (secondary N) is 1. The van der Waals surface area contributed by atoms with Gasteiger partial charge >= 0.3 is 0 Å². The number of para-hydroxylation sites is 1. The van der Waals surface area contributed by atoms with Crippen molar-refractivity contribution < 1.29 is 18.3 Å². The number of nitrogens with zero attached hydrogens (tertiary/aromatic N) is 2. The summed E-state index contributed by atoms with van der Waals surface area (Å²) in [5.74, 6) is 0.954. The maximum atomic E-state index is 13.1. The number of aromatic nitrogens is 2. The van der Waals surface area contributed by atoms with E-state index in [1.54, 1.807) is 24.3 Å². The lowest BCUT2D eigenvalue weighted by molar-refractivity contribution is 0.141. The molecule has 0 spiro atoms. The lowest BCUT2D eigenvalue weighted by Gasteiger charge is -2.14. The summed E-state index contributed by atoms with van der Waals surface area (Å²) in [7, 11) is 0. The molecule has 2 heterocycles. The van der Waals surface area contributed by atoms with Gasteiger partial charge in [-0.2, -0.15) is 0 Å². The molecule has 140 valence electrons. The molecule has 0 saturated heterocycles. The van der Waals surface area contributed by atoms with Gasteiger partial charge in [0, 0.05) is 18.4 Å². The van der Waals surface area contributed by atoms with Crippen molar-refractivity contribution in [3.8, 4) is 11.5 Å². The van der Waals surface area contributed by atoms with Gasteiger partial charge in [-0.15, -0.1) is 0 Å². The summed E-state index contributed by atoms with van der Waals surface area (Å²) in [5, 5.41) is 4.23. The average molecular weight is 392 g/mol. The molecule has 4 rings (SSSR count). The SMILES string of the molecule is FC(F)c1nc(NCc2cc(Cl)c3c(c2)OCCCO3)c2ccccc2n1. The highest BCUT2D eigenvalue weighted by atomic mass is 35.5. The Morgan fingerprint density at radius 1 is 1.11 bits per heavy atom. The van der Waals surface area contributed by atoms with E-state index in [2.05, 4.69) is 15.3 Å². The Bertz CT molecular complexity index is 985. The Morgan fingerprint density at radius 3 is 2.78 bits per heavy atom. The molecular weight excluding hydrogens is 376 g/mol. The number of alkyl halides is 2. The monoisotopic (exact) mass is 391 g/mol. The second-order valence-electron chi connectivity index (χ2n) is 6.06. The van der Waals surface area contributed by atoms with Crippen molar-refractivity contribution in [2.24, 2.45) is 0 Å². The first-order valence-electron chi connectivity index (χ1n) is 8.48. The average Bonchev–Trinajstić information content (AvgIpc) is 2.91. The molecule has 3 aromatic rings. The first-order valence-corrected chi connectivity index (χ1v) is 8.86. The Labute approximate surface area is 159 Å². The van der Waals surface area contributed by atoms with Gasteiger partial charge in [-0.25, -0.2) is 18.7 Å². The van der Waals surface area contributed by atoms with E-state index >= 15 is 0 Å². The van der Waals surface area contributed by atoms with Gasteiger partial charge in [0.05, 0.1) is 23.8 Å². The number of hydrogen-bond acceptors (Lipinski definition) is 5. The lowest BCUT2D eigenvalue weighted by Crippen LogP contribution is -2.06. The summed E-state index contributed by atoms with van der Waals surface area (Å²) >= 11 is 6.31. The van der Waals surface area contributed by atoms with E-state index in [1.807, 2.05) is 12.1 Å². The molecule has 1 N–H and O–H groups in total. The molecule has 0 bridgehead atoms. The van der Waals surface area contributed by atoms with E-state index in [1.165, 1.54) is 0 Å².